The predicted molar refractivity (Wildman–Crippen MR) is 122 cm³/mol. The van der Waals surface area contributed by atoms with Gasteiger partial charge in [0.25, 0.3) is 0 Å². The van der Waals surface area contributed by atoms with Crippen molar-refractivity contribution in [2.45, 2.75) is 46.3 Å². The maximum absolute atomic E-state index is 11.8. The first-order valence-corrected chi connectivity index (χ1v) is 10.5. The Kier molecular flexibility index (Phi) is 7.34. The molecule has 0 unspecified atom stereocenters. The highest BCUT2D eigenvalue weighted by Gasteiger charge is 2.16. The molecule has 6 heteroatoms. The predicted octanol–water partition coefficient (Wildman–Crippen LogP) is 5.42. The van der Waals surface area contributed by atoms with E-state index < -0.39 is 11.7 Å². The molecule has 0 atom stereocenters. The van der Waals surface area contributed by atoms with Crippen LogP contribution in [0.3, 0.4) is 0 Å². The average molecular weight is 423 g/mol. The molecule has 2 aromatic carbocycles. The summed E-state index contributed by atoms with van der Waals surface area (Å²) < 4.78 is 17.4. The van der Waals surface area contributed by atoms with E-state index in [-0.39, 0.29) is 0 Å². The van der Waals surface area contributed by atoms with Crippen molar-refractivity contribution in [3.63, 3.8) is 0 Å². The second kappa shape index (κ2) is 10.2. The standard InChI is InChI=1S/C25H30N2O4/c1-18-15-20-21(27-16-18)11-12-22(30-17-19-9-6-5-7-10-19)23(20)29-14-8-13-26-24(28)31-25(2,3)4/h5-7,9-12,15-16H,8,13-14,17H2,1-4H3,(H,26,28). The molecule has 1 N–H and O–H groups in total. The molecule has 0 spiro atoms. The van der Waals surface area contributed by atoms with E-state index in [0.29, 0.717) is 37.7 Å². The second-order valence-corrected chi connectivity index (χ2v) is 8.38. The van der Waals surface area contributed by atoms with Crippen LogP contribution in [0.4, 0.5) is 4.79 Å². The quantitative estimate of drug-likeness (QED) is 0.491. The van der Waals surface area contributed by atoms with Gasteiger partial charge >= 0.3 is 6.09 Å². The molecule has 3 rings (SSSR count). The molecule has 164 valence electrons. The second-order valence-electron chi connectivity index (χ2n) is 8.38. The van der Waals surface area contributed by atoms with E-state index in [9.17, 15) is 4.79 Å². The van der Waals surface area contributed by atoms with Crippen LogP contribution in [0, 0.1) is 6.92 Å². The van der Waals surface area contributed by atoms with Crippen LogP contribution < -0.4 is 14.8 Å². The minimum absolute atomic E-state index is 0.421. The Morgan fingerprint density at radius 1 is 1.06 bits per heavy atom. The van der Waals surface area contributed by atoms with E-state index in [1.54, 1.807) is 0 Å². The molecule has 3 aromatic rings. The number of hydrogen-bond donors (Lipinski definition) is 1. The van der Waals surface area contributed by atoms with Crippen LogP contribution in [0.2, 0.25) is 0 Å². The van der Waals surface area contributed by atoms with Crippen molar-refractivity contribution in [3.05, 3.63) is 65.9 Å². The average Bonchev–Trinajstić information content (AvgIpc) is 2.72. The number of aromatic nitrogens is 1. The minimum Gasteiger partial charge on any atom is -0.489 e. The lowest BCUT2D eigenvalue weighted by atomic mass is 10.1. The number of nitrogens with one attached hydrogen (secondary N) is 1. The number of rotatable bonds is 8. The lowest BCUT2D eigenvalue weighted by Gasteiger charge is -2.19. The summed E-state index contributed by atoms with van der Waals surface area (Å²) in [5.41, 5.74) is 2.46. The van der Waals surface area contributed by atoms with Gasteiger partial charge in [0.15, 0.2) is 11.5 Å². The first-order valence-electron chi connectivity index (χ1n) is 10.5. The normalized spacial score (nSPS) is 11.2. The number of nitrogens with zero attached hydrogens (tertiary/aromatic N) is 1. The SMILES string of the molecule is Cc1cnc2ccc(OCc3ccccc3)c(OCCCNC(=O)OC(C)(C)C)c2c1. The molecule has 6 nitrogen and oxygen atoms in total. The van der Waals surface area contributed by atoms with Gasteiger partial charge in [-0.25, -0.2) is 4.79 Å². The van der Waals surface area contributed by atoms with E-state index in [2.05, 4.69) is 10.3 Å². The fourth-order valence-corrected chi connectivity index (χ4v) is 3.01. The zero-order valence-corrected chi connectivity index (χ0v) is 18.6. The van der Waals surface area contributed by atoms with Gasteiger partial charge in [0, 0.05) is 18.1 Å². The Bertz CT molecular complexity index is 1010. The van der Waals surface area contributed by atoms with Crippen molar-refractivity contribution >= 4 is 17.0 Å². The van der Waals surface area contributed by atoms with Gasteiger partial charge in [-0.15, -0.1) is 0 Å². The van der Waals surface area contributed by atoms with Crippen molar-refractivity contribution in [2.75, 3.05) is 13.2 Å². The molecule has 0 aliphatic rings. The summed E-state index contributed by atoms with van der Waals surface area (Å²) in [6.07, 6.45) is 2.04. The smallest absolute Gasteiger partial charge is 0.407 e. The van der Waals surface area contributed by atoms with Crippen molar-refractivity contribution in [1.82, 2.24) is 10.3 Å². The van der Waals surface area contributed by atoms with E-state index in [4.69, 9.17) is 14.2 Å². The Morgan fingerprint density at radius 2 is 1.84 bits per heavy atom. The number of carbonyl (C=O) groups excluding carboxylic acids is 1. The molecule has 31 heavy (non-hydrogen) atoms. The van der Waals surface area contributed by atoms with Crippen LogP contribution in [-0.2, 0) is 11.3 Å². The summed E-state index contributed by atoms with van der Waals surface area (Å²) in [5.74, 6) is 1.34. The highest BCUT2D eigenvalue weighted by molar-refractivity contribution is 5.88. The van der Waals surface area contributed by atoms with Gasteiger partial charge in [-0.2, -0.15) is 0 Å². The van der Waals surface area contributed by atoms with Crippen LogP contribution in [0.15, 0.2) is 54.7 Å². The number of ether oxygens (including phenoxy) is 3. The van der Waals surface area contributed by atoms with E-state index >= 15 is 0 Å². The highest BCUT2D eigenvalue weighted by Crippen LogP contribution is 2.36. The molecular weight excluding hydrogens is 392 g/mol. The largest absolute Gasteiger partial charge is 0.489 e. The molecule has 0 saturated heterocycles. The summed E-state index contributed by atoms with van der Waals surface area (Å²) in [6, 6.07) is 15.9. The Hall–Kier alpha value is -3.28. The minimum atomic E-state index is -0.514. The van der Waals surface area contributed by atoms with Crippen LogP contribution in [0.5, 0.6) is 11.5 Å². The Balaban J connectivity index is 1.66. The fourth-order valence-electron chi connectivity index (χ4n) is 3.01. The number of hydrogen-bond acceptors (Lipinski definition) is 5. The van der Waals surface area contributed by atoms with Crippen molar-refractivity contribution < 1.29 is 19.0 Å². The fraction of sp³-hybridized carbons (Fsp3) is 0.360. The molecule has 0 aliphatic heterocycles. The van der Waals surface area contributed by atoms with Gasteiger partial charge in [-0.05, 0) is 63.4 Å². The molecule has 1 heterocycles. The first kappa shape index (κ1) is 22.4. The van der Waals surface area contributed by atoms with Crippen molar-refractivity contribution in [2.24, 2.45) is 0 Å². The third-order valence-corrected chi connectivity index (χ3v) is 4.39. The number of benzene rings is 2. The Morgan fingerprint density at radius 3 is 2.58 bits per heavy atom. The van der Waals surface area contributed by atoms with E-state index in [0.717, 1.165) is 22.0 Å². The topological polar surface area (TPSA) is 69.7 Å². The first-order chi connectivity index (χ1) is 14.8. The third kappa shape index (κ3) is 6.88. The van der Waals surface area contributed by atoms with Crippen molar-refractivity contribution in [3.8, 4) is 11.5 Å². The van der Waals surface area contributed by atoms with Gasteiger partial charge in [-0.1, -0.05) is 30.3 Å². The molecule has 0 saturated carbocycles. The van der Waals surface area contributed by atoms with Gasteiger partial charge in [0.05, 0.1) is 12.1 Å². The molecule has 0 fully saturated rings. The van der Waals surface area contributed by atoms with Gasteiger partial charge in [-0.3, -0.25) is 4.98 Å². The lowest BCUT2D eigenvalue weighted by Crippen LogP contribution is -2.33. The van der Waals surface area contributed by atoms with Crippen LogP contribution in [-0.4, -0.2) is 29.8 Å². The molecule has 0 bridgehead atoms. The third-order valence-electron chi connectivity index (χ3n) is 4.39. The van der Waals surface area contributed by atoms with E-state index in [1.807, 2.05) is 82.4 Å². The van der Waals surface area contributed by atoms with Gasteiger partial charge in [0.1, 0.15) is 12.2 Å². The number of aryl methyl sites for hydroxylation is 1. The zero-order chi connectivity index (χ0) is 22.3. The maximum Gasteiger partial charge on any atom is 0.407 e. The number of pyridine rings is 1. The molecular formula is C25H30N2O4. The number of alkyl carbamates (subject to hydrolysis) is 1. The van der Waals surface area contributed by atoms with Crippen molar-refractivity contribution in [1.29, 1.82) is 0 Å². The molecule has 1 amide bonds. The summed E-state index contributed by atoms with van der Waals surface area (Å²) in [4.78, 5) is 16.3. The zero-order valence-electron chi connectivity index (χ0n) is 18.6. The molecule has 1 aromatic heterocycles. The number of amides is 1. The lowest BCUT2D eigenvalue weighted by molar-refractivity contribution is 0.0525. The van der Waals surface area contributed by atoms with Gasteiger partial charge in [0.2, 0.25) is 0 Å². The summed E-state index contributed by atoms with van der Waals surface area (Å²) >= 11 is 0. The number of fused-ring (bicyclic) bond motifs is 1. The summed E-state index contributed by atoms with van der Waals surface area (Å²) in [5, 5.41) is 3.66. The van der Waals surface area contributed by atoms with E-state index in [1.165, 1.54) is 0 Å². The molecule has 0 radical (unpaired) electrons. The van der Waals surface area contributed by atoms with Crippen LogP contribution in [0.25, 0.3) is 10.9 Å². The Labute approximate surface area is 183 Å². The highest BCUT2D eigenvalue weighted by atomic mass is 16.6. The summed E-state index contributed by atoms with van der Waals surface area (Å²) in [7, 11) is 0. The maximum atomic E-state index is 11.8. The van der Waals surface area contributed by atoms with Crippen LogP contribution >= 0.6 is 0 Å². The monoisotopic (exact) mass is 422 g/mol. The summed E-state index contributed by atoms with van der Waals surface area (Å²) in [6.45, 7) is 8.83. The number of carbonyl (C=O) groups is 1. The van der Waals surface area contributed by atoms with Crippen LogP contribution in [0.1, 0.15) is 38.3 Å². The molecule has 0 aliphatic carbocycles. The van der Waals surface area contributed by atoms with Gasteiger partial charge < -0.3 is 19.5 Å².